The van der Waals surface area contributed by atoms with Gasteiger partial charge in [-0.2, -0.15) is 0 Å². The van der Waals surface area contributed by atoms with Crippen molar-refractivity contribution in [1.82, 2.24) is 19.9 Å². The number of hydrogen-bond donors (Lipinski definition) is 2. The van der Waals surface area contributed by atoms with Gasteiger partial charge < -0.3 is 15.4 Å². The Bertz CT molecular complexity index is 955. The van der Waals surface area contributed by atoms with Crippen LogP contribution >= 0.6 is 0 Å². The number of nitrogen functional groups attached to an aromatic ring is 1. The lowest BCUT2D eigenvalue weighted by atomic mass is 9.99. The molecule has 0 spiro atoms. The molecule has 0 amide bonds. The Hall–Kier alpha value is -3.39. The van der Waals surface area contributed by atoms with Gasteiger partial charge in [0.25, 0.3) is 0 Å². The third-order valence-electron chi connectivity index (χ3n) is 4.50. The summed E-state index contributed by atoms with van der Waals surface area (Å²) in [6.07, 6.45) is 6.52. The number of nitrogens with two attached hydrogens (primary N) is 2. The average molecular weight is 362 g/mol. The fraction of sp³-hybridized carbons (Fsp3) is 0.211. The number of aromatic nitrogens is 4. The third kappa shape index (κ3) is 3.61. The van der Waals surface area contributed by atoms with Crippen LogP contribution in [0.1, 0.15) is 11.3 Å². The first kappa shape index (κ1) is 17.0. The third-order valence-corrected chi connectivity index (χ3v) is 4.50. The predicted octanol–water partition coefficient (Wildman–Crippen LogP) is -0.0511. The normalized spacial score (nSPS) is 14.1. The maximum absolute atomic E-state index is 6.43. The van der Waals surface area contributed by atoms with E-state index in [0.717, 1.165) is 35.6 Å². The maximum atomic E-state index is 6.43. The van der Waals surface area contributed by atoms with Crippen molar-refractivity contribution in [3.05, 3.63) is 60.6 Å². The topological polar surface area (TPSA) is 116 Å². The molecule has 2 aromatic heterocycles. The molecule has 136 valence electrons. The van der Waals surface area contributed by atoms with E-state index in [2.05, 4.69) is 24.8 Å². The minimum Gasteiger partial charge on any atom is -0.398 e. The van der Waals surface area contributed by atoms with Crippen LogP contribution in [-0.2, 0) is 4.74 Å². The molecular weight excluding hydrogens is 342 g/mol. The van der Waals surface area contributed by atoms with Gasteiger partial charge in [0, 0.05) is 42.8 Å². The summed E-state index contributed by atoms with van der Waals surface area (Å²) in [5.74, 6) is 0.831. The van der Waals surface area contributed by atoms with Crippen LogP contribution in [0.4, 0.5) is 11.5 Å². The minimum absolute atomic E-state index is 0.503. The van der Waals surface area contributed by atoms with E-state index in [1.165, 1.54) is 12.7 Å². The number of morpholine rings is 1. The van der Waals surface area contributed by atoms with Gasteiger partial charge in [-0.1, -0.05) is 6.07 Å². The summed E-state index contributed by atoms with van der Waals surface area (Å²) in [4.78, 5) is 19.0. The molecule has 1 aromatic carbocycles. The standard InChI is InChI=1S/C19H19N7O/c20-16-2-1-13(14-9-22-11-23-10-14)7-15(16)19(21)17-8-18(25-12-24-17)26-3-5-27-6-4-26/h1-2,7-12,21H,3-6,20H2/p+1. The monoisotopic (exact) mass is 362 g/mol. The molecule has 1 aliphatic heterocycles. The minimum atomic E-state index is 0.503. The van der Waals surface area contributed by atoms with E-state index >= 15 is 0 Å². The molecule has 0 saturated carbocycles. The number of nitrogens with zero attached hydrogens (tertiary/aromatic N) is 5. The highest BCUT2D eigenvalue weighted by Gasteiger charge is 2.19. The van der Waals surface area contributed by atoms with Crippen LogP contribution in [0.5, 0.6) is 0 Å². The van der Waals surface area contributed by atoms with Crippen LogP contribution in [0.3, 0.4) is 0 Å². The molecule has 3 aromatic rings. The van der Waals surface area contributed by atoms with Gasteiger partial charge in [-0.3, -0.25) is 5.41 Å². The van der Waals surface area contributed by atoms with Gasteiger partial charge in [-0.05, 0) is 17.7 Å². The summed E-state index contributed by atoms with van der Waals surface area (Å²) in [6.45, 7) is 2.96. The van der Waals surface area contributed by atoms with Crippen LogP contribution in [0.25, 0.3) is 11.1 Å². The van der Waals surface area contributed by atoms with Crippen LogP contribution < -0.4 is 16.0 Å². The Balaban J connectivity index is 1.66. The SMILES string of the molecule is Nc1ccc(-c2cncnc2)cc1C(=[NH2+])c1cc(N2CCOCC2)ncn1. The number of hydrogen-bond acceptors (Lipinski definition) is 7. The summed E-state index contributed by atoms with van der Waals surface area (Å²) >= 11 is 0. The van der Waals surface area contributed by atoms with Crippen molar-refractivity contribution in [2.75, 3.05) is 36.9 Å². The van der Waals surface area contributed by atoms with E-state index in [9.17, 15) is 0 Å². The van der Waals surface area contributed by atoms with Crippen LogP contribution in [0.15, 0.2) is 49.3 Å². The summed E-state index contributed by atoms with van der Waals surface area (Å²) in [5, 5.41) is 6.43. The Morgan fingerprint density at radius 3 is 2.56 bits per heavy atom. The summed E-state index contributed by atoms with van der Waals surface area (Å²) < 4.78 is 5.40. The molecule has 8 nitrogen and oxygen atoms in total. The van der Waals surface area contributed by atoms with Crippen molar-refractivity contribution in [3.8, 4) is 11.1 Å². The molecule has 0 atom stereocenters. The van der Waals surface area contributed by atoms with Crippen molar-refractivity contribution >= 4 is 17.2 Å². The molecule has 1 aliphatic rings. The lowest BCUT2D eigenvalue weighted by molar-refractivity contribution is -0.111. The second-order valence-electron chi connectivity index (χ2n) is 6.20. The Labute approximate surface area is 156 Å². The van der Waals surface area contributed by atoms with E-state index in [0.29, 0.717) is 30.3 Å². The van der Waals surface area contributed by atoms with E-state index in [-0.39, 0.29) is 0 Å². The second kappa shape index (κ2) is 7.46. The lowest BCUT2D eigenvalue weighted by Gasteiger charge is -2.27. The summed E-state index contributed by atoms with van der Waals surface area (Å²) in [6, 6.07) is 7.57. The van der Waals surface area contributed by atoms with E-state index < -0.39 is 0 Å². The number of anilines is 2. The van der Waals surface area contributed by atoms with Crippen molar-refractivity contribution in [3.63, 3.8) is 0 Å². The van der Waals surface area contributed by atoms with Gasteiger partial charge in [-0.25, -0.2) is 19.9 Å². The van der Waals surface area contributed by atoms with E-state index in [1.54, 1.807) is 12.4 Å². The van der Waals surface area contributed by atoms with Gasteiger partial charge in [0.1, 0.15) is 24.2 Å². The smallest absolute Gasteiger partial charge is 0.232 e. The first-order valence-corrected chi connectivity index (χ1v) is 8.65. The highest BCUT2D eigenvalue weighted by Crippen LogP contribution is 2.24. The first-order valence-electron chi connectivity index (χ1n) is 8.65. The van der Waals surface area contributed by atoms with Crippen LogP contribution in [0.2, 0.25) is 0 Å². The first-order chi connectivity index (χ1) is 13.2. The van der Waals surface area contributed by atoms with Gasteiger partial charge in [0.05, 0.1) is 18.8 Å². The van der Waals surface area contributed by atoms with Gasteiger partial charge in [0.2, 0.25) is 5.71 Å². The largest absolute Gasteiger partial charge is 0.398 e. The molecule has 8 heteroatoms. The Kier molecular flexibility index (Phi) is 4.71. The van der Waals surface area contributed by atoms with Crippen molar-refractivity contribution < 1.29 is 10.1 Å². The highest BCUT2D eigenvalue weighted by atomic mass is 16.5. The lowest BCUT2D eigenvalue weighted by Crippen LogP contribution is -2.42. The Morgan fingerprint density at radius 2 is 1.78 bits per heavy atom. The summed E-state index contributed by atoms with van der Waals surface area (Å²) in [7, 11) is 0. The zero-order valence-electron chi connectivity index (χ0n) is 14.7. The van der Waals surface area contributed by atoms with Crippen molar-refractivity contribution in [1.29, 1.82) is 0 Å². The fourth-order valence-electron chi connectivity index (χ4n) is 3.01. The highest BCUT2D eigenvalue weighted by molar-refractivity contribution is 6.11. The van der Waals surface area contributed by atoms with Crippen LogP contribution in [-0.4, -0.2) is 52.0 Å². The molecule has 1 saturated heterocycles. The zero-order valence-corrected chi connectivity index (χ0v) is 14.7. The van der Waals surface area contributed by atoms with E-state index in [1.807, 2.05) is 24.3 Å². The molecule has 27 heavy (non-hydrogen) atoms. The molecule has 0 radical (unpaired) electrons. The zero-order chi connectivity index (χ0) is 18.6. The van der Waals surface area contributed by atoms with Crippen LogP contribution in [0, 0.1) is 0 Å². The number of rotatable bonds is 4. The molecule has 4 N–H and O–H groups in total. The number of benzene rings is 1. The molecule has 4 rings (SSSR count). The van der Waals surface area contributed by atoms with Gasteiger partial charge in [-0.15, -0.1) is 0 Å². The second-order valence-corrected chi connectivity index (χ2v) is 6.20. The van der Waals surface area contributed by atoms with Gasteiger partial charge in [0.15, 0.2) is 0 Å². The maximum Gasteiger partial charge on any atom is 0.232 e. The average Bonchev–Trinajstić information content (AvgIpc) is 2.75. The molecule has 0 unspecified atom stereocenters. The molecule has 0 aliphatic carbocycles. The quantitative estimate of drug-likeness (QED) is 0.494. The van der Waals surface area contributed by atoms with Crippen molar-refractivity contribution in [2.24, 2.45) is 0 Å². The molecule has 1 fully saturated rings. The molecular formula is C19H20N7O+. The van der Waals surface area contributed by atoms with Crippen molar-refractivity contribution in [2.45, 2.75) is 0 Å². The summed E-state index contributed by atoms with van der Waals surface area (Å²) in [5.41, 5.74) is 10.5. The Morgan fingerprint density at radius 1 is 1.00 bits per heavy atom. The van der Waals surface area contributed by atoms with E-state index in [4.69, 9.17) is 15.9 Å². The van der Waals surface area contributed by atoms with Gasteiger partial charge >= 0.3 is 0 Å². The fourth-order valence-corrected chi connectivity index (χ4v) is 3.01. The molecule has 3 heterocycles. The predicted molar refractivity (Wildman–Crippen MR) is 102 cm³/mol. The number of ether oxygens (including phenoxy) is 1. The molecule has 0 bridgehead atoms.